The van der Waals surface area contributed by atoms with Gasteiger partial charge in [0.1, 0.15) is 5.52 Å². The fourth-order valence-electron chi connectivity index (χ4n) is 1.58. The van der Waals surface area contributed by atoms with Crippen LogP contribution in [0.25, 0.3) is 11.2 Å². The van der Waals surface area contributed by atoms with Crippen molar-refractivity contribution in [1.82, 2.24) is 24.9 Å². The Morgan fingerprint density at radius 3 is 2.85 bits per heavy atom. The van der Waals surface area contributed by atoms with Crippen LogP contribution in [0.2, 0.25) is 5.15 Å². The Bertz CT molecular complexity index is 835. The van der Waals surface area contributed by atoms with Crippen LogP contribution < -0.4 is 10.9 Å². The summed E-state index contributed by atoms with van der Waals surface area (Å²) >= 11 is 5.93. The van der Waals surface area contributed by atoms with Gasteiger partial charge in [0, 0.05) is 12.3 Å². The zero-order chi connectivity index (χ0) is 14.1. The molecule has 9 heteroatoms. The van der Waals surface area contributed by atoms with Gasteiger partial charge < -0.3 is 9.97 Å². The van der Waals surface area contributed by atoms with Crippen LogP contribution in [-0.4, -0.2) is 30.8 Å². The largest absolute Gasteiger partial charge is 0.341 e. The molecule has 1 amide bonds. The molecule has 3 rings (SSSR count). The monoisotopic (exact) mass is 290 g/mol. The number of carbonyl (C=O) groups is 1. The lowest BCUT2D eigenvalue weighted by molar-refractivity contribution is 0.102. The van der Waals surface area contributed by atoms with E-state index in [1.807, 2.05) is 0 Å². The van der Waals surface area contributed by atoms with Crippen LogP contribution in [0.15, 0.2) is 29.5 Å². The maximum atomic E-state index is 11.9. The number of rotatable bonds is 2. The van der Waals surface area contributed by atoms with Crippen molar-refractivity contribution in [3.8, 4) is 0 Å². The van der Waals surface area contributed by atoms with E-state index < -0.39 is 5.91 Å². The van der Waals surface area contributed by atoms with Gasteiger partial charge in [-0.2, -0.15) is 9.97 Å². The lowest BCUT2D eigenvalue weighted by Crippen LogP contribution is -2.16. The first-order valence-corrected chi connectivity index (χ1v) is 5.88. The molecule has 20 heavy (non-hydrogen) atoms. The molecule has 0 atom stereocenters. The van der Waals surface area contributed by atoms with Gasteiger partial charge in [0.05, 0.1) is 11.9 Å². The minimum Gasteiger partial charge on any atom is -0.341 e. The molecule has 3 aromatic rings. The zero-order valence-electron chi connectivity index (χ0n) is 9.85. The van der Waals surface area contributed by atoms with Crippen molar-refractivity contribution >= 4 is 34.6 Å². The van der Waals surface area contributed by atoms with Crippen molar-refractivity contribution in [3.63, 3.8) is 0 Å². The predicted molar refractivity (Wildman–Crippen MR) is 71.7 cm³/mol. The Kier molecular flexibility index (Phi) is 2.92. The van der Waals surface area contributed by atoms with E-state index in [0.29, 0.717) is 11.2 Å². The molecule has 3 aromatic heterocycles. The number of pyridine rings is 1. The van der Waals surface area contributed by atoms with Crippen molar-refractivity contribution in [1.29, 1.82) is 0 Å². The molecule has 0 radical (unpaired) electrons. The van der Waals surface area contributed by atoms with E-state index in [0.717, 1.165) is 0 Å². The maximum absolute atomic E-state index is 11.9. The highest BCUT2D eigenvalue weighted by Crippen LogP contribution is 2.18. The van der Waals surface area contributed by atoms with E-state index in [-0.39, 0.29) is 22.2 Å². The Morgan fingerprint density at radius 1 is 1.25 bits per heavy atom. The average molecular weight is 291 g/mol. The third-order valence-electron chi connectivity index (χ3n) is 2.51. The van der Waals surface area contributed by atoms with Gasteiger partial charge in [-0.1, -0.05) is 11.6 Å². The summed E-state index contributed by atoms with van der Waals surface area (Å²) in [5.41, 5.74) is 0.820. The summed E-state index contributed by atoms with van der Waals surface area (Å²) in [7, 11) is 0. The maximum Gasteiger partial charge on any atom is 0.259 e. The number of H-pyrrole nitrogens is 2. The van der Waals surface area contributed by atoms with Gasteiger partial charge >= 0.3 is 0 Å². The number of halogens is 1. The molecule has 0 saturated carbocycles. The van der Waals surface area contributed by atoms with Gasteiger partial charge in [-0.3, -0.25) is 14.9 Å². The summed E-state index contributed by atoms with van der Waals surface area (Å²) in [5, 5.41) is 2.64. The first-order valence-electron chi connectivity index (χ1n) is 5.50. The molecular formula is C11H7ClN6O2. The fourth-order valence-corrected chi connectivity index (χ4v) is 1.80. The number of imidazole rings is 1. The standard InChI is InChI=1S/C11H7ClN6O2/c12-8-7-9(15-4-14-7)17-11(16-8)18-10(20)5-1-2-6(19)13-3-5/h1-4H,(H,13,19)(H2,14,15,16,17,18,20). The van der Waals surface area contributed by atoms with E-state index in [1.54, 1.807) is 0 Å². The zero-order valence-corrected chi connectivity index (χ0v) is 10.6. The quantitative estimate of drug-likeness (QED) is 0.607. The molecule has 0 aliphatic rings. The van der Waals surface area contributed by atoms with Crippen LogP contribution in [0.4, 0.5) is 5.95 Å². The number of hydrogen-bond donors (Lipinski definition) is 3. The van der Waals surface area contributed by atoms with Crippen LogP contribution in [0.1, 0.15) is 10.4 Å². The molecule has 8 nitrogen and oxygen atoms in total. The number of nitrogens with one attached hydrogen (secondary N) is 3. The molecule has 0 aliphatic carbocycles. The molecule has 0 fully saturated rings. The Morgan fingerprint density at radius 2 is 2.10 bits per heavy atom. The smallest absolute Gasteiger partial charge is 0.259 e. The van der Waals surface area contributed by atoms with Crippen LogP contribution >= 0.6 is 11.6 Å². The summed E-state index contributed by atoms with van der Waals surface area (Å²) in [4.78, 5) is 40.0. The lowest BCUT2D eigenvalue weighted by Gasteiger charge is -2.03. The van der Waals surface area contributed by atoms with Gasteiger partial charge in [-0.05, 0) is 6.07 Å². The number of aromatic amines is 2. The highest BCUT2D eigenvalue weighted by atomic mass is 35.5. The molecule has 100 valence electrons. The molecule has 3 heterocycles. The fraction of sp³-hybridized carbons (Fsp3) is 0. The topological polar surface area (TPSA) is 116 Å². The second-order valence-electron chi connectivity index (χ2n) is 3.83. The minimum atomic E-state index is -0.466. The normalized spacial score (nSPS) is 10.7. The van der Waals surface area contributed by atoms with Crippen LogP contribution in [0, 0.1) is 0 Å². The summed E-state index contributed by atoms with van der Waals surface area (Å²) in [5.74, 6) is -0.432. The summed E-state index contributed by atoms with van der Waals surface area (Å²) in [6.07, 6.45) is 2.73. The van der Waals surface area contributed by atoms with Gasteiger partial charge in [-0.15, -0.1) is 0 Å². The van der Waals surface area contributed by atoms with E-state index in [1.165, 1.54) is 24.7 Å². The number of anilines is 1. The third kappa shape index (κ3) is 2.24. The number of hydrogen-bond acceptors (Lipinski definition) is 5. The molecule has 3 N–H and O–H groups in total. The van der Waals surface area contributed by atoms with Gasteiger partial charge in [-0.25, -0.2) is 4.98 Å². The molecule has 0 aliphatic heterocycles. The molecule has 0 unspecified atom stereocenters. The van der Waals surface area contributed by atoms with Crippen molar-refractivity contribution in [2.24, 2.45) is 0 Å². The Balaban J connectivity index is 1.90. The first-order chi connectivity index (χ1) is 9.63. The van der Waals surface area contributed by atoms with Crippen molar-refractivity contribution in [2.75, 3.05) is 5.32 Å². The summed E-state index contributed by atoms with van der Waals surface area (Å²) in [6.45, 7) is 0. The summed E-state index contributed by atoms with van der Waals surface area (Å²) < 4.78 is 0. The van der Waals surface area contributed by atoms with E-state index >= 15 is 0 Å². The SMILES string of the molecule is O=C(Nc1nc(Cl)c2[nH]cnc2n1)c1ccc(=O)[nH]c1. The Labute approximate surface area is 116 Å². The number of nitrogens with zero attached hydrogens (tertiary/aromatic N) is 3. The lowest BCUT2D eigenvalue weighted by atomic mass is 10.3. The Hall–Kier alpha value is -2.74. The molecule has 0 bridgehead atoms. The molecule has 0 aromatic carbocycles. The van der Waals surface area contributed by atoms with Crippen LogP contribution in [-0.2, 0) is 0 Å². The van der Waals surface area contributed by atoms with E-state index in [4.69, 9.17) is 11.6 Å². The van der Waals surface area contributed by atoms with E-state index in [2.05, 4.69) is 30.2 Å². The number of amides is 1. The molecular weight excluding hydrogens is 284 g/mol. The van der Waals surface area contributed by atoms with Crippen LogP contribution in [0.3, 0.4) is 0 Å². The highest BCUT2D eigenvalue weighted by Gasteiger charge is 2.12. The average Bonchev–Trinajstić information content (AvgIpc) is 2.88. The highest BCUT2D eigenvalue weighted by molar-refractivity contribution is 6.33. The van der Waals surface area contributed by atoms with Crippen molar-refractivity contribution < 1.29 is 4.79 Å². The minimum absolute atomic E-state index is 0.0331. The number of fused-ring (bicyclic) bond motifs is 1. The van der Waals surface area contributed by atoms with Gasteiger partial charge in [0.15, 0.2) is 10.8 Å². The van der Waals surface area contributed by atoms with E-state index in [9.17, 15) is 9.59 Å². The third-order valence-corrected chi connectivity index (χ3v) is 2.79. The number of aromatic nitrogens is 5. The van der Waals surface area contributed by atoms with Crippen molar-refractivity contribution in [3.05, 3.63) is 45.7 Å². The second kappa shape index (κ2) is 4.74. The number of carbonyl (C=O) groups excluding carboxylic acids is 1. The predicted octanol–water partition coefficient (Wildman–Crippen LogP) is 0.947. The van der Waals surface area contributed by atoms with Gasteiger partial charge in [0.25, 0.3) is 5.91 Å². The molecule has 0 spiro atoms. The first kappa shape index (κ1) is 12.3. The second-order valence-corrected chi connectivity index (χ2v) is 4.19. The molecule has 0 saturated heterocycles. The van der Waals surface area contributed by atoms with Crippen molar-refractivity contribution in [2.45, 2.75) is 0 Å². The summed E-state index contributed by atoms with van der Waals surface area (Å²) in [6, 6.07) is 2.64. The van der Waals surface area contributed by atoms with Gasteiger partial charge in [0.2, 0.25) is 11.5 Å². The van der Waals surface area contributed by atoms with Crippen LogP contribution in [0.5, 0.6) is 0 Å².